The van der Waals surface area contributed by atoms with Gasteiger partial charge in [0.15, 0.2) is 6.23 Å². The standard InChI is InChI=1S/C24H46N4O11/c1-7-23(2,3)36-11-13-15(29)17(31)19(33)21(38-13)24(4,5)37-12-14-16(30)18(32)20(34)22(39-14)28(35-6)10-8-9-26-27-25/h13-22,29-34H,7-12H2,1-6H3/t13?,14?,15-,16-,17?,18?,19?,20?,21+,22-/m1/s1. The monoisotopic (exact) mass is 566 g/mol. The molecule has 2 fully saturated rings. The van der Waals surface area contributed by atoms with Crippen LogP contribution in [0.4, 0.5) is 0 Å². The van der Waals surface area contributed by atoms with E-state index in [4.69, 9.17) is 29.3 Å². The fraction of sp³-hybridized carbons (Fsp3) is 1.00. The number of aliphatic hydroxyl groups excluding tert-OH is 6. The Morgan fingerprint density at radius 1 is 0.846 bits per heavy atom. The Bertz CT molecular complexity index is 800. The van der Waals surface area contributed by atoms with Gasteiger partial charge in [0, 0.05) is 18.0 Å². The van der Waals surface area contributed by atoms with E-state index >= 15 is 0 Å². The van der Waals surface area contributed by atoms with E-state index in [1.165, 1.54) is 12.2 Å². The molecule has 0 aliphatic carbocycles. The molecule has 228 valence electrons. The summed E-state index contributed by atoms with van der Waals surface area (Å²) in [4.78, 5) is 7.96. The Morgan fingerprint density at radius 3 is 1.97 bits per heavy atom. The van der Waals surface area contributed by atoms with Gasteiger partial charge in [-0.2, -0.15) is 5.06 Å². The zero-order valence-corrected chi connectivity index (χ0v) is 23.5. The van der Waals surface area contributed by atoms with Gasteiger partial charge in [-0.3, -0.25) is 4.84 Å². The molecule has 0 aromatic carbocycles. The summed E-state index contributed by atoms with van der Waals surface area (Å²) in [5.41, 5.74) is 6.69. The van der Waals surface area contributed by atoms with Gasteiger partial charge in [-0.05, 0) is 46.1 Å². The number of hydrogen-bond donors (Lipinski definition) is 6. The molecule has 39 heavy (non-hydrogen) atoms. The number of rotatable bonds is 14. The van der Waals surface area contributed by atoms with Crippen LogP contribution in [0.1, 0.15) is 47.5 Å². The minimum absolute atomic E-state index is 0.0267. The van der Waals surface area contributed by atoms with Crippen molar-refractivity contribution in [3.63, 3.8) is 0 Å². The molecule has 2 aliphatic rings. The Hall–Kier alpha value is -1.17. The molecular weight excluding hydrogens is 520 g/mol. The van der Waals surface area contributed by atoms with E-state index in [-0.39, 0.29) is 26.3 Å². The SMILES string of the molecule is CCC(C)(C)OCC1O[C@H](C(C)(C)OCC2O[C@@H](N(CCCN=[N+]=[N-])OC)C(O)C(O)[C@@H]2O)C(O)C(O)[C@@H]1O. The first kappa shape index (κ1) is 34.0. The summed E-state index contributed by atoms with van der Waals surface area (Å²) in [5.74, 6) is 0. The zero-order chi connectivity index (χ0) is 29.5. The first-order valence-electron chi connectivity index (χ1n) is 13.2. The maximum atomic E-state index is 10.7. The van der Waals surface area contributed by atoms with Crippen LogP contribution in [-0.2, 0) is 23.8 Å². The van der Waals surface area contributed by atoms with Crippen LogP contribution in [0, 0.1) is 0 Å². The van der Waals surface area contributed by atoms with E-state index in [9.17, 15) is 30.6 Å². The smallest absolute Gasteiger partial charge is 0.162 e. The second-order valence-electron chi connectivity index (χ2n) is 11.1. The summed E-state index contributed by atoms with van der Waals surface area (Å²) in [5, 5.41) is 68.0. The molecule has 2 heterocycles. The average Bonchev–Trinajstić information content (AvgIpc) is 2.90. The van der Waals surface area contributed by atoms with E-state index in [0.717, 1.165) is 0 Å². The molecular formula is C24H46N4O11. The second kappa shape index (κ2) is 14.6. The van der Waals surface area contributed by atoms with Crippen molar-refractivity contribution in [2.45, 2.75) is 120 Å². The minimum atomic E-state index is -1.59. The van der Waals surface area contributed by atoms with Crippen molar-refractivity contribution in [2.75, 3.05) is 33.4 Å². The van der Waals surface area contributed by atoms with E-state index in [1.54, 1.807) is 13.8 Å². The third-order valence-electron chi connectivity index (χ3n) is 7.41. The lowest BCUT2D eigenvalue weighted by molar-refractivity contribution is -0.335. The predicted molar refractivity (Wildman–Crippen MR) is 136 cm³/mol. The molecule has 2 rings (SSSR count). The molecule has 0 aromatic rings. The molecule has 0 spiro atoms. The lowest BCUT2D eigenvalue weighted by Crippen LogP contribution is -2.66. The summed E-state index contributed by atoms with van der Waals surface area (Å²) in [7, 11) is 1.35. The number of ether oxygens (including phenoxy) is 4. The van der Waals surface area contributed by atoms with Gasteiger partial charge in [0.25, 0.3) is 0 Å². The quantitative estimate of drug-likeness (QED) is 0.0501. The highest BCUT2D eigenvalue weighted by molar-refractivity contribution is 5.00. The summed E-state index contributed by atoms with van der Waals surface area (Å²) in [6.07, 6.45) is -12.3. The molecule has 0 amide bonds. The normalized spacial score (nSPS) is 36.1. The number of nitrogens with zero attached hydrogens (tertiary/aromatic N) is 4. The molecule has 2 aliphatic heterocycles. The summed E-state index contributed by atoms with van der Waals surface area (Å²) in [6, 6.07) is 0. The average molecular weight is 567 g/mol. The van der Waals surface area contributed by atoms with Gasteiger partial charge < -0.3 is 49.6 Å². The molecule has 0 bridgehead atoms. The summed E-state index contributed by atoms with van der Waals surface area (Å²) >= 11 is 0. The van der Waals surface area contributed by atoms with Gasteiger partial charge in [0.1, 0.15) is 54.9 Å². The van der Waals surface area contributed by atoms with Crippen LogP contribution in [0.5, 0.6) is 0 Å². The van der Waals surface area contributed by atoms with Gasteiger partial charge in [0.05, 0.1) is 31.5 Å². The molecule has 15 nitrogen and oxygen atoms in total. The molecule has 6 N–H and O–H groups in total. The first-order chi connectivity index (χ1) is 18.2. The number of azide groups is 1. The second-order valence-corrected chi connectivity index (χ2v) is 11.1. The predicted octanol–water partition coefficient (Wildman–Crippen LogP) is -0.792. The van der Waals surface area contributed by atoms with Crippen LogP contribution in [-0.4, -0.2) is 141 Å². The van der Waals surface area contributed by atoms with Crippen molar-refractivity contribution in [3.05, 3.63) is 10.4 Å². The van der Waals surface area contributed by atoms with Crippen LogP contribution in [0.3, 0.4) is 0 Å². The molecule has 2 saturated heterocycles. The van der Waals surface area contributed by atoms with Crippen LogP contribution < -0.4 is 0 Å². The van der Waals surface area contributed by atoms with Crippen LogP contribution in [0.15, 0.2) is 5.11 Å². The Labute approximate surface area is 228 Å². The van der Waals surface area contributed by atoms with Crippen LogP contribution >= 0.6 is 0 Å². The number of aliphatic hydroxyl groups is 6. The third-order valence-corrected chi connectivity index (χ3v) is 7.41. The van der Waals surface area contributed by atoms with Crippen molar-refractivity contribution in [3.8, 4) is 0 Å². The van der Waals surface area contributed by atoms with Gasteiger partial charge >= 0.3 is 0 Å². The summed E-state index contributed by atoms with van der Waals surface area (Å²) < 4.78 is 23.7. The van der Waals surface area contributed by atoms with E-state index in [2.05, 4.69) is 10.0 Å². The molecule has 15 heteroatoms. The van der Waals surface area contributed by atoms with Crippen molar-refractivity contribution in [1.29, 1.82) is 0 Å². The van der Waals surface area contributed by atoms with Crippen molar-refractivity contribution >= 4 is 0 Å². The van der Waals surface area contributed by atoms with Crippen LogP contribution in [0.25, 0.3) is 10.4 Å². The third kappa shape index (κ3) is 8.66. The van der Waals surface area contributed by atoms with Crippen molar-refractivity contribution < 1.29 is 54.4 Å². The number of hydroxylamine groups is 2. The zero-order valence-electron chi connectivity index (χ0n) is 23.5. The lowest BCUT2D eigenvalue weighted by Gasteiger charge is -2.48. The molecule has 10 atom stereocenters. The van der Waals surface area contributed by atoms with E-state index in [1.807, 2.05) is 20.8 Å². The largest absolute Gasteiger partial charge is 0.388 e. The number of hydrogen-bond acceptors (Lipinski definition) is 13. The topological polar surface area (TPSA) is 220 Å². The van der Waals surface area contributed by atoms with Gasteiger partial charge in [-0.15, -0.1) is 0 Å². The maximum Gasteiger partial charge on any atom is 0.162 e. The van der Waals surface area contributed by atoms with Gasteiger partial charge in [0.2, 0.25) is 0 Å². The maximum absolute atomic E-state index is 10.7. The minimum Gasteiger partial charge on any atom is -0.388 e. The Balaban J connectivity index is 2.10. The van der Waals surface area contributed by atoms with Gasteiger partial charge in [-0.1, -0.05) is 12.0 Å². The highest BCUT2D eigenvalue weighted by atomic mass is 16.7. The van der Waals surface area contributed by atoms with Crippen LogP contribution in [0.2, 0.25) is 0 Å². The van der Waals surface area contributed by atoms with E-state index < -0.39 is 72.4 Å². The molecule has 0 saturated carbocycles. The van der Waals surface area contributed by atoms with Gasteiger partial charge in [-0.25, -0.2) is 0 Å². The summed E-state index contributed by atoms with van der Waals surface area (Å²) in [6.45, 7) is 8.99. The highest BCUT2D eigenvalue weighted by Crippen LogP contribution is 2.33. The molecule has 6 unspecified atom stereocenters. The lowest BCUT2D eigenvalue weighted by atomic mass is 9.86. The van der Waals surface area contributed by atoms with Crippen molar-refractivity contribution in [2.24, 2.45) is 5.11 Å². The van der Waals surface area contributed by atoms with Crippen molar-refractivity contribution in [1.82, 2.24) is 5.06 Å². The fourth-order valence-electron chi connectivity index (χ4n) is 4.42. The Kier molecular flexibility index (Phi) is 12.8. The van der Waals surface area contributed by atoms with E-state index in [0.29, 0.717) is 12.8 Å². The Morgan fingerprint density at radius 2 is 1.41 bits per heavy atom. The highest BCUT2D eigenvalue weighted by Gasteiger charge is 2.52. The fourth-order valence-corrected chi connectivity index (χ4v) is 4.42. The first-order valence-corrected chi connectivity index (χ1v) is 13.2. The molecule has 0 aromatic heterocycles. The molecule has 0 radical (unpaired) electrons.